The highest BCUT2D eigenvalue weighted by Gasteiger charge is 2.39. The first-order chi connectivity index (χ1) is 18.7. The quantitative estimate of drug-likeness (QED) is 0.368. The van der Waals surface area contributed by atoms with Crippen LogP contribution in [0.3, 0.4) is 0 Å². The smallest absolute Gasteiger partial charge is 0.240 e. The van der Waals surface area contributed by atoms with Gasteiger partial charge in [-0.05, 0) is 93.8 Å². The maximum atomic E-state index is 12.9. The Morgan fingerprint density at radius 1 is 1.13 bits per heavy atom. The van der Waals surface area contributed by atoms with E-state index in [0.29, 0.717) is 31.7 Å². The molecule has 1 heterocycles. The number of amides is 1. The Bertz CT molecular complexity index is 1220. The van der Waals surface area contributed by atoms with E-state index >= 15 is 0 Å². The maximum Gasteiger partial charge on any atom is 0.240 e. The second kappa shape index (κ2) is 12.6. The van der Waals surface area contributed by atoms with Crippen LogP contribution in [0.2, 0.25) is 0 Å². The lowest BCUT2D eigenvalue weighted by molar-refractivity contribution is -0.131. The Hall–Kier alpha value is -2.78. The molecule has 2 aromatic rings. The van der Waals surface area contributed by atoms with Crippen LogP contribution in [-0.4, -0.2) is 51.7 Å². The number of nitrogens with zero attached hydrogens (tertiary/aromatic N) is 1. The number of rotatable bonds is 11. The number of methoxy groups -OCH3 is 1. The summed E-state index contributed by atoms with van der Waals surface area (Å²) >= 11 is 0. The number of piperidine rings is 1. The topological polar surface area (TPSA) is 108 Å². The second-order valence-corrected chi connectivity index (χ2v) is 12.8. The van der Waals surface area contributed by atoms with Gasteiger partial charge < -0.3 is 20.1 Å². The third-order valence-corrected chi connectivity index (χ3v) is 10.1. The van der Waals surface area contributed by atoms with Gasteiger partial charge in [0.05, 0.1) is 17.7 Å². The van der Waals surface area contributed by atoms with E-state index in [1.807, 2.05) is 18.2 Å². The highest BCUT2D eigenvalue weighted by Crippen LogP contribution is 2.41. The van der Waals surface area contributed by atoms with E-state index < -0.39 is 10.0 Å². The van der Waals surface area contributed by atoms with E-state index in [0.717, 1.165) is 56.2 Å². The molecular formula is C30H43N3O5S. The molecule has 2 fully saturated rings. The Kier molecular flexibility index (Phi) is 9.43. The summed E-state index contributed by atoms with van der Waals surface area (Å²) in [6.45, 7) is 5.46. The average Bonchev–Trinajstić information content (AvgIpc) is 3.43. The molecule has 1 saturated carbocycles. The second-order valence-electron chi connectivity index (χ2n) is 11.1. The summed E-state index contributed by atoms with van der Waals surface area (Å²) in [5, 5.41) is 14.0. The van der Waals surface area contributed by atoms with Gasteiger partial charge >= 0.3 is 0 Å². The van der Waals surface area contributed by atoms with E-state index in [9.17, 15) is 18.3 Å². The summed E-state index contributed by atoms with van der Waals surface area (Å²) in [5.41, 5.74) is 1.62. The van der Waals surface area contributed by atoms with Crippen LogP contribution in [0.25, 0.3) is 0 Å². The van der Waals surface area contributed by atoms with Gasteiger partial charge in [0.1, 0.15) is 11.5 Å². The molecule has 3 N–H and O–H groups in total. The Labute approximate surface area is 233 Å². The van der Waals surface area contributed by atoms with E-state index in [1.54, 1.807) is 31.4 Å². The molecular weight excluding hydrogens is 514 g/mol. The van der Waals surface area contributed by atoms with Gasteiger partial charge in [0, 0.05) is 30.6 Å². The van der Waals surface area contributed by atoms with Crippen molar-refractivity contribution in [2.24, 2.45) is 5.41 Å². The monoisotopic (exact) mass is 557 g/mol. The highest BCUT2D eigenvalue weighted by atomic mass is 32.2. The zero-order valence-corrected chi connectivity index (χ0v) is 24.2. The van der Waals surface area contributed by atoms with Crippen LogP contribution in [0.15, 0.2) is 47.4 Å². The van der Waals surface area contributed by atoms with Crippen molar-refractivity contribution >= 4 is 21.6 Å². The van der Waals surface area contributed by atoms with Gasteiger partial charge in [0.25, 0.3) is 0 Å². The SMILES string of the molecule is CCC1(C(=O)N[C@@H](C)CCc2ccc(N3CCC(NS(=O)(=O)c4ccc(OC)cc4)CC3)c(O)c2)CCCC1. The number of aryl methyl sites for hydroxylation is 1. The van der Waals surface area contributed by atoms with Gasteiger partial charge in [-0.2, -0.15) is 0 Å². The molecule has 0 unspecified atom stereocenters. The number of anilines is 1. The summed E-state index contributed by atoms with van der Waals surface area (Å²) in [4.78, 5) is 15.2. The fraction of sp³-hybridized carbons (Fsp3) is 0.567. The number of ether oxygens (including phenoxy) is 1. The molecule has 1 atom stereocenters. The normalized spacial score (nSPS) is 18.6. The minimum Gasteiger partial charge on any atom is -0.506 e. The Morgan fingerprint density at radius 2 is 1.79 bits per heavy atom. The summed E-state index contributed by atoms with van der Waals surface area (Å²) in [5.74, 6) is 1.04. The van der Waals surface area contributed by atoms with Crippen molar-refractivity contribution in [2.45, 2.75) is 88.6 Å². The lowest BCUT2D eigenvalue weighted by atomic mass is 9.82. The first-order valence-corrected chi connectivity index (χ1v) is 15.7. The molecule has 4 rings (SSSR count). The molecule has 8 nitrogen and oxygen atoms in total. The van der Waals surface area contributed by atoms with Gasteiger partial charge in [-0.1, -0.05) is 25.8 Å². The molecule has 1 saturated heterocycles. The van der Waals surface area contributed by atoms with Crippen LogP contribution >= 0.6 is 0 Å². The number of carbonyl (C=O) groups excluding carboxylic acids is 1. The number of hydrogen-bond acceptors (Lipinski definition) is 6. The van der Waals surface area contributed by atoms with Gasteiger partial charge in [-0.15, -0.1) is 0 Å². The van der Waals surface area contributed by atoms with Crippen LogP contribution in [0.5, 0.6) is 11.5 Å². The fourth-order valence-corrected chi connectivity index (χ4v) is 7.20. The molecule has 0 aromatic heterocycles. The molecule has 1 aliphatic carbocycles. The number of benzene rings is 2. The zero-order valence-electron chi connectivity index (χ0n) is 23.4. The minimum atomic E-state index is -3.61. The summed E-state index contributed by atoms with van der Waals surface area (Å²) < 4.78 is 33.5. The van der Waals surface area contributed by atoms with Gasteiger partial charge in [0.2, 0.25) is 15.9 Å². The van der Waals surface area contributed by atoms with Crippen LogP contribution in [-0.2, 0) is 21.2 Å². The van der Waals surface area contributed by atoms with Crippen molar-refractivity contribution in [3.63, 3.8) is 0 Å². The number of nitrogens with one attached hydrogen (secondary N) is 2. The van der Waals surface area contributed by atoms with Gasteiger partial charge in [-0.25, -0.2) is 13.1 Å². The first-order valence-electron chi connectivity index (χ1n) is 14.2. The maximum absolute atomic E-state index is 12.9. The average molecular weight is 558 g/mol. The Morgan fingerprint density at radius 3 is 2.38 bits per heavy atom. The van der Waals surface area contributed by atoms with Gasteiger partial charge in [-0.3, -0.25) is 4.79 Å². The molecule has 0 bridgehead atoms. The predicted octanol–water partition coefficient (Wildman–Crippen LogP) is 4.76. The third-order valence-electron chi connectivity index (χ3n) is 8.53. The van der Waals surface area contributed by atoms with Crippen molar-refractivity contribution in [3.8, 4) is 11.5 Å². The number of sulfonamides is 1. The number of phenolic OH excluding ortho intramolecular Hbond substituents is 1. The van der Waals surface area contributed by atoms with E-state index in [-0.39, 0.29) is 34.1 Å². The van der Waals surface area contributed by atoms with E-state index in [2.05, 4.69) is 28.8 Å². The minimum absolute atomic E-state index is 0.0732. The molecule has 9 heteroatoms. The predicted molar refractivity (Wildman–Crippen MR) is 154 cm³/mol. The summed E-state index contributed by atoms with van der Waals surface area (Å²) in [6, 6.07) is 12.1. The number of phenols is 1. The van der Waals surface area contributed by atoms with E-state index in [4.69, 9.17) is 4.74 Å². The molecule has 0 radical (unpaired) electrons. The lowest BCUT2D eigenvalue weighted by Gasteiger charge is -2.34. The van der Waals surface area contributed by atoms with Crippen LogP contribution in [0, 0.1) is 5.41 Å². The fourth-order valence-electron chi connectivity index (χ4n) is 5.90. The molecule has 2 aliphatic rings. The van der Waals surface area contributed by atoms with Crippen molar-refractivity contribution < 1.29 is 23.1 Å². The molecule has 1 amide bonds. The standard InChI is InChI=1S/C30H43N3O5S/c1-4-30(17-5-6-18-30)29(35)31-22(2)7-8-23-9-14-27(28(34)21-23)33-19-15-24(16-20-33)32-39(36,37)26-12-10-25(38-3)11-13-26/h9-14,21-22,24,32,34H,4-8,15-20H2,1-3H3,(H,31,35)/t22-/m0/s1. The van der Waals surface area contributed by atoms with Crippen LogP contribution < -0.4 is 19.7 Å². The molecule has 214 valence electrons. The van der Waals surface area contributed by atoms with Gasteiger partial charge in [0.15, 0.2) is 0 Å². The Balaban J connectivity index is 1.26. The van der Waals surface area contributed by atoms with Crippen molar-refractivity contribution in [3.05, 3.63) is 48.0 Å². The molecule has 1 aliphatic heterocycles. The van der Waals surface area contributed by atoms with Crippen LogP contribution in [0.4, 0.5) is 5.69 Å². The number of carbonyl (C=O) groups is 1. The molecule has 2 aromatic carbocycles. The lowest BCUT2D eigenvalue weighted by Crippen LogP contribution is -2.44. The van der Waals surface area contributed by atoms with Crippen molar-refractivity contribution in [1.29, 1.82) is 0 Å². The van der Waals surface area contributed by atoms with E-state index in [1.165, 1.54) is 0 Å². The molecule has 0 spiro atoms. The number of aromatic hydroxyl groups is 1. The van der Waals surface area contributed by atoms with Crippen molar-refractivity contribution in [2.75, 3.05) is 25.1 Å². The first kappa shape index (κ1) is 29.2. The summed E-state index contributed by atoms with van der Waals surface area (Å²) in [7, 11) is -2.07. The van der Waals surface area contributed by atoms with Crippen molar-refractivity contribution in [1.82, 2.24) is 10.0 Å². The zero-order chi connectivity index (χ0) is 28.0. The third kappa shape index (κ3) is 7.06. The highest BCUT2D eigenvalue weighted by molar-refractivity contribution is 7.89. The van der Waals surface area contributed by atoms with Crippen LogP contribution in [0.1, 0.15) is 70.8 Å². The number of hydrogen-bond donors (Lipinski definition) is 3. The summed E-state index contributed by atoms with van der Waals surface area (Å²) in [6.07, 6.45) is 8.02. The largest absolute Gasteiger partial charge is 0.506 e. The molecule has 39 heavy (non-hydrogen) atoms.